The number of carbonyl (C=O) groups excluding carboxylic acids is 1. The van der Waals surface area contributed by atoms with E-state index in [0.29, 0.717) is 23.6 Å². The van der Waals surface area contributed by atoms with Gasteiger partial charge in [0.05, 0.1) is 5.75 Å². The molecule has 0 saturated heterocycles. The largest absolute Gasteiger partial charge is 0.358 e. The summed E-state index contributed by atoms with van der Waals surface area (Å²) in [5, 5.41) is 9.14. The first-order valence-corrected chi connectivity index (χ1v) is 11.5. The van der Waals surface area contributed by atoms with Gasteiger partial charge in [0.2, 0.25) is 10.0 Å². The number of carbonyl (C=O) groups is 1. The molecule has 7 heteroatoms. The number of aryl methyl sites for hydroxylation is 1. The van der Waals surface area contributed by atoms with Gasteiger partial charge in [-0.2, -0.15) is 0 Å². The van der Waals surface area contributed by atoms with E-state index in [-0.39, 0.29) is 11.7 Å². The summed E-state index contributed by atoms with van der Waals surface area (Å²) in [5.74, 6) is 0.342. The number of primary sulfonamides is 1. The quantitative estimate of drug-likeness (QED) is 0.601. The minimum absolute atomic E-state index is 0.126. The normalized spacial score (nSPS) is 16.6. The van der Waals surface area contributed by atoms with Crippen LogP contribution in [0.25, 0.3) is 10.9 Å². The number of hydrogen-bond acceptors (Lipinski definition) is 3. The van der Waals surface area contributed by atoms with Gasteiger partial charge in [-0.15, -0.1) is 0 Å². The third-order valence-corrected chi connectivity index (χ3v) is 6.28. The Labute approximate surface area is 170 Å². The van der Waals surface area contributed by atoms with Crippen LogP contribution in [-0.4, -0.2) is 19.3 Å². The van der Waals surface area contributed by atoms with E-state index in [4.69, 9.17) is 5.14 Å². The van der Waals surface area contributed by atoms with Crippen molar-refractivity contribution in [1.82, 2.24) is 10.3 Å². The molecule has 0 saturated carbocycles. The number of rotatable bonds is 5. The van der Waals surface area contributed by atoms with Crippen LogP contribution in [0.1, 0.15) is 46.1 Å². The van der Waals surface area contributed by atoms with Gasteiger partial charge in [0.15, 0.2) is 0 Å². The predicted octanol–water partition coefficient (Wildman–Crippen LogP) is 3.01. The SMILES string of the molecule is CC1CCc2[nH]c3ccc(C(=O)NCc4ccc(CS(N)(=O)=O)cc4)cc3c2C1. The van der Waals surface area contributed by atoms with Crippen LogP contribution in [-0.2, 0) is 35.2 Å². The lowest BCUT2D eigenvalue weighted by molar-refractivity contribution is 0.0951. The zero-order valence-electron chi connectivity index (χ0n) is 16.4. The Morgan fingerprint density at radius 2 is 1.90 bits per heavy atom. The molecular weight excluding hydrogens is 386 g/mol. The maximum absolute atomic E-state index is 12.7. The molecule has 1 amide bonds. The lowest BCUT2D eigenvalue weighted by Gasteiger charge is -2.18. The molecule has 4 N–H and O–H groups in total. The number of amides is 1. The highest BCUT2D eigenvalue weighted by molar-refractivity contribution is 7.88. The third-order valence-electron chi connectivity index (χ3n) is 5.54. The van der Waals surface area contributed by atoms with Crippen molar-refractivity contribution in [3.05, 3.63) is 70.4 Å². The Hall–Kier alpha value is -2.64. The van der Waals surface area contributed by atoms with E-state index in [1.807, 2.05) is 18.2 Å². The zero-order chi connectivity index (χ0) is 20.6. The highest BCUT2D eigenvalue weighted by Gasteiger charge is 2.20. The monoisotopic (exact) mass is 411 g/mol. The number of nitrogens with one attached hydrogen (secondary N) is 2. The van der Waals surface area contributed by atoms with Gasteiger partial charge in [0.25, 0.3) is 5.91 Å². The van der Waals surface area contributed by atoms with E-state index in [2.05, 4.69) is 17.2 Å². The molecule has 0 bridgehead atoms. The molecule has 1 aliphatic rings. The maximum Gasteiger partial charge on any atom is 0.251 e. The Morgan fingerprint density at radius 1 is 1.17 bits per heavy atom. The van der Waals surface area contributed by atoms with Crippen molar-refractivity contribution < 1.29 is 13.2 Å². The first-order valence-electron chi connectivity index (χ1n) is 9.78. The number of aromatic amines is 1. The molecule has 29 heavy (non-hydrogen) atoms. The molecule has 6 nitrogen and oxygen atoms in total. The molecule has 1 unspecified atom stereocenters. The summed E-state index contributed by atoms with van der Waals surface area (Å²) >= 11 is 0. The van der Waals surface area contributed by atoms with Crippen molar-refractivity contribution in [1.29, 1.82) is 0 Å². The predicted molar refractivity (Wildman–Crippen MR) is 114 cm³/mol. The second kappa shape index (κ2) is 7.65. The summed E-state index contributed by atoms with van der Waals surface area (Å²) in [6.45, 7) is 2.64. The van der Waals surface area contributed by atoms with Gasteiger partial charge in [-0.05, 0) is 60.1 Å². The van der Waals surface area contributed by atoms with E-state index >= 15 is 0 Å². The standard InChI is InChI=1S/C22H25N3O3S/c1-14-2-8-20-18(10-14)19-11-17(7-9-21(19)25-20)22(26)24-12-15-3-5-16(6-4-15)13-29(23,27)28/h3-7,9,11,14,25H,2,8,10,12-13H2,1H3,(H,24,26)(H2,23,27,28). The van der Waals surface area contributed by atoms with Crippen LogP contribution in [0.2, 0.25) is 0 Å². The molecule has 1 atom stereocenters. The van der Waals surface area contributed by atoms with Gasteiger partial charge in [-0.25, -0.2) is 13.6 Å². The Kier molecular flexibility index (Phi) is 5.19. The number of fused-ring (bicyclic) bond motifs is 3. The first kappa shape index (κ1) is 19.7. The van der Waals surface area contributed by atoms with Gasteiger partial charge < -0.3 is 10.3 Å². The lowest BCUT2D eigenvalue weighted by atomic mass is 9.87. The van der Waals surface area contributed by atoms with Gasteiger partial charge in [0.1, 0.15) is 0 Å². The molecule has 152 valence electrons. The minimum atomic E-state index is -3.55. The molecule has 0 aliphatic heterocycles. The number of benzene rings is 2. The van der Waals surface area contributed by atoms with Crippen LogP contribution in [0.4, 0.5) is 0 Å². The Balaban J connectivity index is 1.46. The summed E-state index contributed by atoms with van der Waals surface area (Å²) in [6.07, 6.45) is 3.31. The highest BCUT2D eigenvalue weighted by atomic mass is 32.2. The summed E-state index contributed by atoms with van der Waals surface area (Å²) < 4.78 is 22.3. The van der Waals surface area contributed by atoms with Crippen LogP contribution in [0, 0.1) is 5.92 Å². The van der Waals surface area contributed by atoms with E-state index in [1.165, 1.54) is 17.7 Å². The summed E-state index contributed by atoms with van der Waals surface area (Å²) in [6, 6.07) is 12.8. The fourth-order valence-electron chi connectivity index (χ4n) is 4.00. The van der Waals surface area contributed by atoms with Crippen molar-refractivity contribution in [2.24, 2.45) is 11.1 Å². The van der Waals surface area contributed by atoms with E-state index in [9.17, 15) is 13.2 Å². The van der Waals surface area contributed by atoms with E-state index in [0.717, 1.165) is 29.3 Å². The number of sulfonamides is 1. The smallest absolute Gasteiger partial charge is 0.251 e. The van der Waals surface area contributed by atoms with Gasteiger partial charge >= 0.3 is 0 Å². The molecule has 3 aromatic rings. The van der Waals surface area contributed by atoms with Crippen LogP contribution < -0.4 is 10.5 Å². The van der Waals surface area contributed by atoms with E-state index < -0.39 is 10.0 Å². The molecule has 4 rings (SSSR count). The third kappa shape index (κ3) is 4.52. The number of hydrogen-bond donors (Lipinski definition) is 3. The molecule has 2 aromatic carbocycles. The first-order chi connectivity index (χ1) is 13.8. The van der Waals surface area contributed by atoms with E-state index in [1.54, 1.807) is 24.3 Å². The molecule has 0 fully saturated rings. The molecule has 0 radical (unpaired) electrons. The topological polar surface area (TPSA) is 105 Å². The minimum Gasteiger partial charge on any atom is -0.358 e. The Bertz CT molecular complexity index is 1160. The van der Waals surface area contributed by atoms with Crippen LogP contribution in [0.15, 0.2) is 42.5 Å². The van der Waals surface area contributed by atoms with Gasteiger partial charge in [0, 0.05) is 28.7 Å². The number of H-pyrrole nitrogens is 1. The van der Waals surface area contributed by atoms with Crippen molar-refractivity contribution in [2.75, 3.05) is 0 Å². The average molecular weight is 412 g/mol. The van der Waals surface area contributed by atoms with Crippen molar-refractivity contribution in [2.45, 2.75) is 38.5 Å². The molecule has 1 aliphatic carbocycles. The van der Waals surface area contributed by atoms with Crippen molar-refractivity contribution in [3.63, 3.8) is 0 Å². The zero-order valence-corrected chi connectivity index (χ0v) is 17.2. The number of aromatic nitrogens is 1. The van der Waals surface area contributed by atoms with Crippen LogP contribution in [0.5, 0.6) is 0 Å². The summed E-state index contributed by atoms with van der Waals surface area (Å²) in [7, 11) is -3.55. The fraction of sp³-hybridized carbons (Fsp3) is 0.318. The average Bonchev–Trinajstić information content (AvgIpc) is 3.03. The highest BCUT2D eigenvalue weighted by Crippen LogP contribution is 2.32. The molecular formula is C22H25N3O3S. The Morgan fingerprint density at radius 3 is 2.62 bits per heavy atom. The fourth-order valence-corrected chi connectivity index (χ4v) is 4.66. The second-order valence-corrected chi connectivity index (χ2v) is 9.61. The van der Waals surface area contributed by atoms with Crippen LogP contribution in [0.3, 0.4) is 0 Å². The molecule has 1 heterocycles. The van der Waals surface area contributed by atoms with Gasteiger partial charge in [-0.3, -0.25) is 4.79 Å². The number of nitrogens with two attached hydrogens (primary N) is 1. The second-order valence-electron chi connectivity index (χ2n) is 8.00. The lowest BCUT2D eigenvalue weighted by Crippen LogP contribution is -2.22. The maximum atomic E-state index is 12.7. The molecule has 1 aromatic heterocycles. The van der Waals surface area contributed by atoms with Gasteiger partial charge in [-0.1, -0.05) is 31.2 Å². The van der Waals surface area contributed by atoms with Crippen molar-refractivity contribution >= 4 is 26.8 Å². The van der Waals surface area contributed by atoms with Crippen LogP contribution >= 0.6 is 0 Å². The summed E-state index contributed by atoms with van der Waals surface area (Å²) in [4.78, 5) is 16.2. The summed E-state index contributed by atoms with van der Waals surface area (Å²) in [5.41, 5.74) is 5.90. The van der Waals surface area contributed by atoms with Crippen molar-refractivity contribution in [3.8, 4) is 0 Å². The molecule has 0 spiro atoms.